The predicted octanol–water partition coefficient (Wildman–Crippen LogP) is 1.79. The Morgan fingerprint density at radius 2 is 1.85 bits per heavy atom. The maximum atomic E-state index is 9.56. The summed E-state index contributed by atoms with van der Waals surface area (Å²) >= 11 is 0. The molecule has 1 aliphatic heterocycles. The van der Waals surface area contributed by atoms with Crippen molar-refractivity contribution < 1.29 is 19.3 Å². The quantitative estimate of drug-likeness (QED) is 0.666. The Kier molecular flexibility index (Phi) is 5.70. The first-order valence-electron chi connectivity index (χ1n) is 8.68. The zero-order valence-electron chi connectivity index (χ0n) is 15.7. The zero-order valence-corrected chi connectivity index (χ0v) is 15.7. The number of anilines is 4. The first-order valence-corrected chi connectivity index (χ1v) is 8.68. The number of aliphatic hydroxyl groups excluding tert-OH is 1. The van der Waals surface area contributed by atoms with Gasteiger partial charge in [-0.2, -0.15) is 9.97 Å². The number of benzene rings is 1. The zero-order chi connectivity index (χ0) is 19.4. The van der Waals surface area contributed by atoms with Gasteiger partial charge in [0.05, 0.1) is 34.0 Å². The van der Waals surface area contributed by atoms with E-state index in [1.165, 1.54) is 0 Å². The van der Waals surface area contributed by atoms with E-state index < -0.39 is 0 Å². The number of hydrogen-bond acceptors (Lipinski definition) is 9. The highest BCUT2D eigenvalue weighted by Crippen LogP contribution is 2.40. The maximum Gasteiger partial charge on any atom is 0.223 e. The second kappa shape index (κ2) is 8.17. The maximum absolute atomic E-state index is 9.56. The van der Waals surface area contributed by atoms with Crippen molar-refractivity contribution in [3.63, 3.8) is 0 Å². The number of nitrogens with one attached hydrogen (secondary N) is 1. The van der Waals surface area contributed by atoms with Gasteiger partial charge in [-0.3, -0.25) is 0 Å². The van der Waals surface area contributed by atoms with Crippen molar-refractivity contribution in [3.05, 3.63) is 18.2 Å². The number of hydrogen-bond donors (Lipinski definition) is 3. The molecule has 1 aromatic carbocycles. The predicted molar refractivity (Wildman–Crippen MR) is 103 cm³/mol. The summed E-state index contributed by atoms with van der Waals surface area (Å²) in [7, 11) is 4.67. The van der Waals surface area contributed by atoms with E-state index >= 15 is 0 Å². The monoisotopic (exact) mass is 375 g/mol. The van der Waals surface area contributed by atoms with Crippen LogP contribution in [-0.2, 0) is 0 Å². The highest BCUT2D eigenvalue weighted by molar-refractivity contribution is 5.68. The number of aliphatic hydroxyl groups is 1. The molecule has 2 aromatic rings. The molecule has 0 amide bonds. The SMILES string of the molecule is COc1cc(Nc2cc(N3CCCC3CO)nc(N)n2)cc(OC)c1OC. The lowest BCUT2D eigenvalue weighted by Crippen LogP contribution is -2.33. The third-order valence-electron chi connectivity index (χ3n) is 4.55. The van der Waals surface area contributed by atoms with Crippen LogP contribution in [0.15, 0.2) is 18.2 Å². The molecule has 9 nitrogen and oxygen atoms in total. The van der Waals surface area contributed by atoms with Crippen molar-refractivity contribution in [3.8, 4) is 17.2 Å². The number of nitrogens with two attached hydrogens (primary N) is 1. The van der Waals surface area contributed by atoms with Crippen LogP contribution in [0, 0.1) is 0 Å². The molecular formula is C18H25N5O4. The third-order valence-corrected chi connectivity index (χ3v) is 4.55. The van der Waals surface area contributed by atoms with Gasteiger partial charge in [0.1, 0.15) is 11.6 Å². The fourth-order valence-electron chi connectivity index (χ4n) is 3.29. The van der Waals surface area contributed by atoms with Crippen molar-refractivity contribution >= 4 is 23.3 Å². The van der Waals surface area contributed by atoms with Crippen LogP contribution < -0.4 is 30.2 Å². The summed E-state index contributed by atoms with van der Waals surface area (Å²) in [6.07, 6.45) is 1.93. The summed E-state index contributed by atoms with van der Waals surface area (Å²) in [5.74, 6) is 2.95. The van der Waals surface area contributed by atoms with Crippen LogP contribution in [0.1, 0.15) is 12.8 Å². The Balaban J connectivity index is 1.92. The third kappa shape index (κ3) is 3.92. The molecule has 0 spiro atoms. The number of nitrogen functional groups attached to an aromatic ring is 1. The number of methoxy groups -OCH3 is 3. The Hall–Kier alpha value is -2.94. The van der Waals surface area contributed by atoms with Crippen LogP contribution >= 0.6 is 0 Å². The topological polar surface area (TPSA) is 115 Å². The summed E-state index contributed by atoms with van der Waals surface area (Å²) in [5.41, 5.74) is 6.61. The van der Waals surface area contributed by atoms with Gasteiger partial charge < -0.3 is 35.3 Å². The van der Waals surface area contributed by atoms with Gasteiger partial charge >= 0.3 is 0 Å². The molecule has 9 heteroatoms. The number of ether oxygens (including phenoxy) is 3. The van der Waals surface area contributed by atoms with E-state index in [4.69, 9.17) is 19.9 Å². The average molecular weight is 375 g/mol. The molecule has 146 valence electrons. The van der Waals surface area contributed by atoms with E-state index in [0.717, 1.165) is 19.4 Å². The molecule has 1 aromatic heterocycles. The van der Waals surface area contributed by atoms with E-state index in [1.54, 1.807) is 33.5 Å². The molecule has 3 rings (SSSR count). The summed E-state index contributed by atoms with van der Waals surface area (Å²) in [6.45, 7) is 0.908. The molecular weight excluding hydrogens is 350 g/mol. The molecule has 4 N–H and O–H groups in total. The summed E-state index contributed by atoms with van der Waals surface area (Å²) < 4.78 is 16.1. The van der Waals surface area contributed by atoms with E-state index in [1.807, 2.05) is 6.07 Å². The number of aromatic nitrogens is 2. The molecule has 1 atom stereocenters. The van der Waals surface area contributed by atoms with Gasteiger partial charge in [0.25, 0.3) is 0 Å². The van der Waals surface area contributed by atoms with Gasteiger partial charge in [0.15, 0.2) is 11.5 Å². The van der Waals surface area contributed by atoms with Crippen molar-refractivity contribution in [2.75, 3.05) is 50.4 Å². The summed E-state index contributed by atoms with van der Waals surface area (Å²) in [5, 5.41) is 12.8. The summed E-state index contributed by atoms with van der Waals surface area (Å²) in [4.78, 5) is 10.6. The molecule has 0 radical (unpaired) electrons. The van der Waals surface area contributed by atoms with Gasteiger partial charge in [-0.1, -0.05) is 0 Å². The van der Waals surface area contributed by atoms with Crippen LogP contribution in [0.3, 0.4) is 0 Å². The first kappa shape index (κ1) is 18.8. The Labute approximate surface area is 158 Å². The molecule has 1 fully saturated rings. The highest BCUT2D eigenvalue weighted by Gasteiger charge is 2.25. The van der Waals surface area contributed by atoms with Crippen molar-refractivity contribution in [2.45, 2.75) is 18.9 Å². The Morgan fingerprint density at radius 1 is 1.15 bits per heavy atom. The van der Waals surface area contributed by atoms with Gasteiger partial charge in [0.2, 0.25) is 11.7 Å². The van der Waals surface area contributed by atoms with Crippen LogP contribution in [0.2, 0.25) is 0 Å². The molecule has 1 unspecified atom stereocenters. The van der Waals surface area contributed by atoms with Crippen molar-refractivity contribution in [1.29, 1.82) is 0 Å². The molecule has 1 saturated heterocycles. The average Bonchev–Trinajstić information content (AvgIpc) is 3.15. The van der Waals surface area contributed by atoms with Gasteiger partial charge in [0, 0.05) is 30.4 Å². The minimum Gasteiger partial charge on any atom is -0.493 e. The van der Waals surface area contributed by atoms with Crippen LogP contribution in [0.25, 0.3) is 0 Å². The lowest BCUT2D eigenvalue weighted by atomic mass is 10.2. The fourth-order valence-corrected chi connectivity index (χ4v) is 3.29. The van der Waals surface area contributed by atoms with Crippen molar-refractivity contribution in [2.24, 2.45) is 0 Å². The minimum absolute atomic E-state index is 0.0494. The van der Waals surface area contributed by atoms with E-state index in [2.05, 4.69) is 20.2 Å². The van der Waals surface area contributed by atoms with Gasteiger partial charge in [-0.25, -0.2) is 0 Å². The molecule has 0 bridgehead atoms. The fraction of sp³-hybridized carbons (Fsp3) is 0.444. The highest BCUT2D eigenvalue weighted by atomic mass is 16.5. The molecule has 0 saturated carbocycles. The standard InChI is InChI=1S/C18H25N5O4/c1-25-13-7-11(8-14(26-2)17(13)27-3)20-15-9-16(22-18(19)21-15)23-6-4-5-12(23)10-24/h7-9,12,24H,4-6,10H2,1-3H3,(H3,19,20,21,22). The van der Waals surface area contributed by atoms with Crippen molar-refractivity contribution in [1.82, 2.24) is 9.97 Å². The van der Waals surface area contributed by atoms with Gasteiger partial charge in [-0.05, 0) is 12.8 Å². The Morgan fingerprint density at radius 3 is 2.44 bits per heavy atom. The van der Waals surface area contributed by atoms with Crippen LogP contribution in [-0.4, -0.2) is 55.6 Å². The lowest BCUT2D eigenvalue weighted by molar-refractivity contribution is 0.266. The molecule has 2 heterocycles. The smallest absolute Gasteiger partial charge is 0.223 e. The largest absolute Gasteiger partial charge is 0.493 e. The molecule has 27 heavy (non-hydrogen) atoms. The van der Waals surface area contributed by atoms with Gasteiger partial charge in [-0.15, -0.1) is 0 Å². The number of nitrogens with zero attached hydrogens (tertiary/aromatic N) is 3. The van der Waals surface area contributed by atoms with Crippen LogP contribution in [0.4, 0.5) is 23.3 Å². The van der Waals surface area contributed by atoms with E-state index in [-0.39, 0.29) is 18.6 Å². The molecule has 0 aliphatic carbocycles. The summed E-state index contributed by atoms with van der Waals surface area (Å²) in [6, 6.07) is 5.43. The van der Waals surface area contributed by atoms with E-state index in [0.29, 0.717) is 34.6 Å². The normalized spacial score (nSPS) is 16.3. The Bertz CT molecular complexity index is 776. The second-order valence-electron chi connectivity index (χ2n) is 6.18. The number of rotatable bonds is 7. The van der Waals surface area contributed by atoms with E-state index in [9.17, 15) is 5.11 Å². The molecule has 1 aliphatic rings. The first-order chi connectivity index (χ1) is 13.1. The second-order valence-corrected chi connectivity index (χ2v) is 6.18. The lowest BCUT2D eigenvalue weighted by Gasteiger charge is -2.24. The van der Waals surface area contributed by atoms with Crippen LogP contribution in [0.5, 0.6) is 17.2 Å². The minimum atomic E-state index is 0.0494.